The van der Waals surface area contributed by atoms with Crippen molar-refractivity contribution in [3.8, 4) is 0 Å². The minimum Gasteiger partial charge on any atom is -0.387 e. The fourth-order valence-electron chi connectivity index (χ4n) is 3.21. The summed E-state index contributed by atoms with van der Waals surface area (Å²) in [6.07, 6.45) is 0. The van der Waals surface area contributed by atoms with Crippen LogP contribution in [0, 0.1) is 12.8 Å². The lowest BCUT2D eigenvalue weighted by Gasteiger charge is -2.28. The van der Waals surface area contributed by atoms with Gasteiger partial charge < -0.3 is 10.2 Å². The van der Waals surface area contributed by atoms with Gasteiger partial charge in [0.1, 0.15) is 0 Å². The van der Waals surface area contributed by atoms with Crippen molar-refractivity contribution in [1.82, 2.24) is 4.90 Å². The number of amidine groups is 1. The van der Waals surface area contributed by atoms with Gasteiger partial charge in [0.05, 0.1) is 16.4 Å². The van der Waals surface area contributed by atoms with E-state index < -0.39 is 0 Å². The van der Waals surface area contributed by atoms with Crippen molar-refractivity contribution >= 4 is 39.9 Å². The van der Waals surface area contributed by atoms with Crippen LogP contribution in [0.15, 0.2) is 82.7 Å². The van der Waals surface area contributed by atoms with Gasteiger partial charge in [-0.15, -0.1) is 0 Å². The second-order valence-corrected chi connectivity index (χ2v) is 9.43. The quantitative estimate of drug-likeness (QED) is 0.227. The van der Waals surface area contributed by atoms with Crippen molar-refractivity contribution in [3.63, 3.8) is 0 Å². The molecule has 0 amide bonds. The van der Waals surface area contributed by atoms with E-state index in [-0.39, 0.29) is 0 Å². The van der Waals surface area contributed by atoms with Gasteiger partial charge in [0, 0.05) is 25.0 Å². The molecule has 3 aromatic rings. The highest BCUT2D eigenvalue weighted by Gasteiger charge is 2.16. The molecule has 5 heteroatoms. The molecular weight excluding hydrogens is 422 g/mol. The molecule has 162 valence electrons. The first-order valence-electron chi connectivity index (χ1n) is 10.5. The van der Waals surface area contributed by atoms with Gasteiger partial charge in [-0.25, -0.2) is 4.99 Å². The first-order chi connectivity index (χ1) is 14.9. The van der Waals surface area contributed by atoms with E-state index in [0.717, 1.165) is 29.6 Å². The van der Waals surface area contributed by atoms with Crippen LogP contribution in [0.4, 0.5) is 11.4 Å². The van der Waals surface area contributed by atoms with Crippen LogP contribution >= 0.6 is 23.4 Å². The third-order valence-electron chi connectivity index (χ3n) is 4.75. The molecule has 0 saturated carbocycles. The van der Waals surface area contributed by atoms with Gasteiger partial charge in [0.25, 0.3) is 0 Å². The molecule has 1 N–H and O–H groups in total. The molecule has 0 aromatic heterocycles. The molecule has 3 nitrogen and oxygen atoms in total. The molecule has 0 aliphatic rings. The lowest BCUT2D eigenvalue weighted by atomic mass is 10.2. The molecule has 0 radical (unpaired) electrons. The zero-order valence-corrected chi connectivity index (χ0v) is 20.2. The van der Waals surface area contributed by atoms with Crippen LogP contribution in [0.25, 0.3) is 0 Å². The summed E-state index contributed by atoms with van der Waals surface area (Å²) in [4.78, 5) is 8.63. The van der Waals surface area contributed by atoms with Crippen molar-refractivity contribution in [2.24, 2.45) is 10.9 Å². The molecule has 0 saturated heterocycles. The first kappa shape index (κ1) is 23.2. The van der Waals surface area contributed by atoms with Gasteiger partial charge in [0.2, 0.25) is 0 Å². The predicted molar refractivity (Wildman–Crippen MR) is 137 cm³/mol. The van der Waals surface area contributed by atoms with E-state index in [2.05, 4.69) is 85.6 Å². The summed E-state index contributed by atoms with van der Waals surface area (Å²) in [6.45, 7) is 8.32. The minimum atomic E-state index is 0.505. The van der Waals surface area contributed by atoms with Gasteiger partial charge in [0.15, 0.2) is 5.17 Å². The average molecular weight is 452 g/mol. The van der Waals surface area contributed by atoms with E-state index in [9.17, 15) is 0 Å². The Kier molecular flexibility index (Phi) is 8.44. The molecule has 3 aromatic carbocycles. The number of nitrogens with zero attached hydrogens (tertiary/aromatic N) is 2. The number of anilines is 1. The summed E-state index contributed by atoms with van der Waals surface area (Å²) in [5.74, 6) is 0.505. The molecule has 0 unspecified atom stereocenters. The Morgan fingerprint density at radius 1 is 1.03 bits per heavy atom. The highest BCUT2D eigenvalue weighted by atomic mass is 35.5. The predicted octanol–water partition coefficient (Wildman–Crippen LogP) is 7.63. The fourth-order valence-corrected chi connectivity index (χ4v) is 4.32. The second kappa shape index (κ2) is 11.3. The highest BCUT2D eigenvalue weighted by molar-refractivity contribution is 8.13. The van der Waals surface area contributed by atoms with Gasteiger partial charge in [-0.2, -0.15) is 0 Å². The molecule has 0 atom stereocenters. The number of nitrogens with one attached hydrogen (secondary N) is 1. The number of rotatable bonds is 7. The topological polar surface area (TPSA) is 27.6 Å². The van der Waals surface area contributed by atoms with Gasteiger partial charge in [-0.3, -0.25) is 0 Å². The molecule has 0 bridgehead atoms. The molecule has 0 aliphatic carbocycles. The Labute approximate surface area is 195 Å². The number of benzene rings is 3. The summed E-state index contributed by atoms with van der Waals surface area (Å²) in [7, 11) is 1.87. The number of thioether (sulfide) groups is 1. The molecule has 0 heterocycles. The maximum atomic E-state index is 6.29. The van der Waals surface area contributed by atoms with Crippen LogP contribution < -0.4 is 5.32 Å². The normalized spacial score (nSPS) is 11.6. The van der Waals surface area contributed by atoms with E-state index in [4.69, 9.17) is 16.6 Å². The standard InChI is InChI=1S/C26H30ClN3S/c1-19(2)17-30(18-21-8-6-5-7-9-21)26(31-23-13-10-20(3)11-14-23)29-22-12-15-24(27)25(16-22)28-4/h5-16,19,28H,17-18H2,1-4H3. The number of halogens is 1. The third kappa shape index (κ3) is 7.05. The first-order valence-corrected chi connectivity index (χ1v) is 11.7. The molecule has 3 rings (SSSR count). The Morgan fingerprint density at radius 2 is 1.74 bits per heavy atom. The third-order valence-corrected chi connectivity index (χ3v) is 6.12. The van der Waals surface area contributed by atoms with Crippen molar-refractivity contribution in [2.45, 2.75) is 32.2 Å². The summed E-state index contributed by atoms with van der Waals surface area (Å²) < 4.78 is 0. The van der Waals surface area contributed by atoms with E-state index in [1.165, 1.54) is 16.0 Å². The number of aliphatic imine (C=N–C) groups is 1. The van der Waals surface area contributed by atoms with Crippen LogP contribution in [0.5, 0.6) is 0 Å². The molecule has 0 aliphatic heterocycles. The Hall–Kier alpha value is -2.43. The SMILES string of the molecule is CNc1cc(N=C(Sc2ccc(C)cc2)N(Cc2ccccc2)CC(C)C)ccc1Cl. The number of aryl methyl sites for hydroxylation is 1. The van der Waals surface area contributed by atoms with Gasteiger partial charge >= 0.3 is 0 Å². The zero-order chi connectivity index (χ0) is 22.2. The Balaban J connectivity index is 2.01. The van der Waals surface area contributed by atoms with Gasteiger partial charge in [-0.05, 0) is 48.7 Å². The van der Waals surface area contributed by atoms with E-state index in [1.807, 2.05) is 25.2 Å². The van der Waals surface area contributed by atoms with Gasteiger partial charge in [-0.1, -0.05) is 85.2 Å². The van der Waals surface area contributed by atoms with Crippen LogP contribution in [0.3, 0.4) is 0 Å². The minimum absolute atomic E-state index is 0.505. The van der Waals surface area contributed by atoms with E-state index >= 15 is 0 Å². The van der Waals surface area contributed by atoms with E-state index in [1.54, 1.807) is 11.8 Å². The maximum absolute atomic E-state index is 6.29. The summed E-state index contributed by atoms with van der Waals surface area (Å²) in [6, 6.07) is 25.0. The summed E-state index contributed by atoms with van der Waals surface area (Å²) in [5, 5.41) is 4.81. The Morgan fingerprint density at radius 3 is 2.39 bits per heavy atom. The molecular formula is C26H30ClN3S. The van der Waals surface area contributed by atoms with Crippen LogP contribution in [0.2, 0.25) is 5.02 Å². The molecule has 31 heavy (non-hydrogen) atoms. The average Bonchev–Trinajstić information content (AvgIpc) is 2.76. The van der Waals surface area contributed by atoms with Crippen molar-refractivity contribution in [2.75, 3.05) is 18.9 Å². The summed E-state index contributed by atoms with van der Waals surface area (Å²) in [5.41, 5.74) is 4.28. The van der Waals surface area contributed by atoms with Crippen LogP contribution in [-0.4, -0.2) is 23.7 Å². The zero-order valence-electron chi connectivity index (χ0n) is 18.6. The lowest BCUT2D eigenvalue weighted by molar-refractivity contribution is 0.366. The number of hydrogen-bond acceptors (Lipinski definition) is 3. The van der Waals surface area contributed by atoms with Crippen LogP contribution in [0.1, 0.15) is 25.0 Å². The number of hydrogen-bond donors (Lipinski definition) is 1. The van der Waals surface area contributed by atoms with E-state index in [0.29, 0.717) is 10.9 Å². The second-order valence-electron chi connectivity index (χ2n) is 7.98. The monoisotopic (exact) mass is 451 g/mol. The highest BCUT2D eigenvalue weighted by Crippen LogP contribution is 2.30. The fraction of sp³-hybridized carbons (Fsp3) is 0.269. The maximum Gasteiger partial charge on any atom is 0.169 e. The largest absolute Gasteiger partial charge is 0.387 e. The smallest absolute Gasteiger partial charge is 0.169 e. The van der Waals surface area contributed by atoms with Crippen molar-refractivity contribution in [1.29, 1.82) is 0 Å². The summed E-state index contributed by atoms with van der Waals surface area (Å²) >= 11 is 7.99. The Bertz CT molecular complexity index is 1000. The van der Waals surface area contributed by atoms with Crippen molar-refractivity contribution < 1.29 is 0 Å². The lowest BCUT2D eigenvalue weighted by Crippen LogP contribution is -2.32. The van der Waals surface area contributed by atoms with Crippen LogP contribution in [-0.2, 0) is 6.54 Å². The van der Waals surface area contributed by atoms with Crippen molar-refractivity contribution in [3.05, 3.63) is 88.9 Å². The molecule has 0 spiro atoms. The molecule has 0 fully saturated rings.